The van der Waals surface area contributed by atoms with Crippen molar-refractivity contribution in [2.45, 2.75) is 33.1 Å². The molecular weight excluding hydrogens is 1780 g/mol. The first kappa shape index (κ1) is 89.5. The van der Waals surface area contributed by atoms with Crippen molar-refractivity contribution >= 4 is 155 Å². The number of rotatable bonds is 20. The molecular formula is C141H104N6. The molecule has 26 aromatic rings. The molecule has 0 aliphatic heterocycles. The first-order valence-electron chi connectivity index (χ1n) is 50.8. The molecule has 0 bridgehead atoms. The fraction of sp³-hybridized carbons (Fsp3) is 0.0355. The van der Waals surface area contributed by atoms with Gasteiger partial charge >= 0.3 is 0 Å². The summed E-state index contributed by atoms with van der Waals surface area (Å²) in [7, 11) is 0. The van der Waals surface area contributed by atoms with Crippen LogP contribution in [0.1, 0.15) is 31.9 Å². The van der Waals surface area contributed by atoms with Crippen LogP contribution in [0.25, 0.3) is 165 Å². The molecule has 147 heavy (non-hydrogen) atoms. The summed E-state index contributed by atoms with van der Waals surface area (Å²) in [5, 5.41) is 14.6. The maximum atomic E-state index is 2.44. The molecule has 0 radical (unpaired) electrons. The normalized spacial score (nSPS) is 11.5. The SMILES string of the molecule is CC(C)(C)c1ccc(-c2ccc(-c3c4ccccc4c(-c4ccc(-n5c6ccc(N(c7ccccc7)c7ccccc7)cc6c6cc(N(c7ccccc7)c7ccccc7)ccc65)cc4)c4ccccc34)cc2)cc1.Cc1ccccc1-c1ccc(-c2c3ccccc3c(-c3ccc(-n4c5ccc(N(c6ccccc6)c6ccccc6)cc5c5cc(N(c6ccccc6)c6ccccc6)ccc54)cc3)c3ccccc23)cc1. The monoisotopic (exact) mass is 1880 g/mol. The predicted molar refractivity (Wildman–Crippen MR) is 626 cm³/mol. The van der Waals surface area contributed by atoms with Gasteiger partial charge in [-0.1, -0.05) is 385 Å². The molecule has 0 saturated carbocycles. The Balaban J connectivity index is 0.000000153. The molecule has 0 unspecified atom stereocenters. The molecule has 0 atom stereocenters. The zero-order valence-corrected chi connectivity index (χ0v) is 82.3. The second kappa shape index (κ2) is 38.5. The highest BCUT2D eigenvalue weighted by molar-refractivity contribution is 6.24. The van der Waals surface area contributed by atoms with Gasteiger partial charge in [-0.05, 0) is 327 Å². The Morgan fingerprint density at radius 1 is 0.156 bits per heavy atom. The molecule has 2 heterocycles. The number of aromatic nitrogens is 2. The van der Waals surface area contributed by atoms with E-state index in [9.17, 15) is 0 Å². The second-order valence-corrected chi connectivity index (χ2v) is 39.1. The molecule has 0 N–H and O–H groups in total. The molecule has 0 saturated heterocycles. The Morgan fingerprint density at radius 3 is 0.571 bits per heavy atom. The van der Waals surface area contributed by atoms with Gasteiger partial charge < -0.3 is 28.7 Å². The number of hydrogen-bond acceptors (Lipinski definition) is 4. The van der Waals surface area contributed by atoms with E-state index in [1.807, 2.05) is 0 Å². The van der Waals surface area contributed by atoms with Gasteiger partial charge in [-0.15, -0.1) is 0 Å². The van der Waals surface area contributed by atoms with Crippen molar-refractivity contribution in [2.24, 2.45) is 0 Å². The van der Waals surface area contributed by atoms with E-state index in [0.717, 1.165) is 102 Å². The van der Waals surface area contributed by atoms with Gasteiger partial charge in [0, 0.05) is 101 Å². The highest BCUT2D eigenvalue weighted by atomic mass is 15.2. The van der Waals surface area contributed by atoms with Crippen LogP contribution in [0, 0.1) is 6.92 Å². The number of fused-ring (bicyclic) bond motifs is 10. The Kier molecular flexibility index (Phi) is 23.4. The summed E-state index contributed by atoms with van der Waals surface area (Å²) in [5.41, 5.74) is 37.4. The molecule has 0 spiro atoms. The van der Waals surface area contributed by atoms with E-state index in [1.54, 1.807) is 0 Å². The molecule has 26 rings (SSSR count). The molecule has 6 heteroatoms. The van der Waals surface area contributed by atoms with Crippen molar-refractivity contribution in [3.63, 3.8) is 0 Å². The first-order chi connectivity index (χ1) is 72.5. The summed E-state index contributed by atoms with van der Waals surface area (Å²) in [4.78, 5) is 9.40. The molecule has 0 aliphatic carbocycles. The van der Waals surface area contributed by atoms with E-state index >= 15 is 0 Å². The van der Waals surface area contributed by atoms with Crippen LogP contribution in [-0.2, 0) is 5.41 Å². The van der Waals surface area contributed by atoms with E-state index in [1.165, 1.54) is 143 Å². The highest BCUT2D eigenvalue weighted by Gasteiger charge is 2.27. The van der Waals surface area contributed by atoms with Crippen LogP contribution >= 0.6 is 0 Å². The summed E-state index contributed by atoms with van der Waals surface area (Å²) in [6.45, 7) is 8.98. The smallest absolute Gasteiger partial charge is 0.0542 e. The highest BCUT2D eigenvalue weighted by Crippen LogP contribution is 2.52. The summed E-state index contributed by atoms with van der Waals surface area (Å²) in [6, 6.07) is 203. The Hall–Kier alpha value is -18.9. The third-order valence-electron chi connectivity index (χ3n) is 29.2. The standard InChI is InChI=1S/C72H55N3.C69H49N3/c1-72(2,3)54-40-36-51(37-41-54)50-32-34-52(35-33-50)70-62-28-16-18-30-64(62)71(65-31-19-17-29-63(65)70)53-38-42-59(43-39-53)75-68-46-44-60(73(55-20-8-4-9-21-55)56-22-10-5-11-23-56)48-66(68)67-49-61(45-47-69(67)75)74(57-24-12-6-13-25-57)58-26-14-7-15-27-58;1-48-20-14-15-29-59(48)49-34-36-50(37-35-49)68-60-30-16-18-32-62(60)69(63-33-19-17-31-61(63)68)51-38-40-56(41-39-51)72-66-44-42-57(70(52-21-6-2-7-22-52)53-23-8-3-9-24-53)46-64(66)65-47-58(43-45-67(65)72)71(54-25-10-4-11-26-54)55-27-12-5-13-28-55/h4-49H,1-3H3;2-47H,1H3. The minimum absolute atomic E-state index is 0.117. The second-order valence-electron chi connectivity index (χ2n) is 39.1. The van der Waals surface area contributed by atoms with Crippen LogP contribution in [-0.4, -0.2) is 9.13 Å². The maximum absolute atomic E-state index is 2.44. The summed E-state index contributed by atoms with van der Waals surface area (Å²) in [5.74, 6) is 0. The molecule has 698 valence electrons. The van der Waals surface area contributed by atoms with Crippen LogP contribution < -0.4 is 19.6 Å². The lowest BCUT2D eigenvalue weighted by Crippen LogP contribution is -2.10. The van der Waals surface area contributed by atoms with Crippen LogP contribution in [0.4, 0.5) is 68.2 Å². The Morgan fingerprint density at radius 2 is 0.347 bits per heavy atom. The fourth-order valence-corrected chi connectivity index (χ4v) is 22.3. The van der Waals surface area contributed by atoms with Crippen molar-refractivity contribution in [3.05, 3.63) is 569 Å². The van der Waals surface area contributed by atoms with Gasteiger partial charge in [-0.3, -0.25) is 0 Å². The van der Waals surface area contributed by atoms with E-state index < -0.39 is 0 Å². The number of para-hydroxylation sites is 8. The fourth-order valence-electron chi connectivity index (χ4n) is 22.3. The number of benzene rings is 24. The van der Waals surface area contributed by atoms with Gasteiger partial charge in [0.25, 0.3) is 0 Å². The summed E-state index contributed by atoms with van der Waals surface area (Å²) in [6.07, 6.45) is 0. The quantitative estimate of drug-likeness (QED) is 0.0710. The predicted octanol–water partition coefficient (Wildman–Crippen LogP) is 39.7. The van der Waals surface area contributed by atoms with Gasteiger partial charge in [0.1, 0.15) is 0 Å². The molecule has 2 aromatic heterocycles. The van der Waals surface area contributed by atoms with Crippen molar-refractivity contribution < 1.29 is 0 Å². The third kappa shape index (κ3) is 16.8. The third-order valence-corrected chi connectivity index (χ3v) is 29.2. The molecule has 0 aliphatic rings. The van der Waals surface area contributed by atoms with Crippen molar-refractivity contribution in [3.8, 4) is 78.1 Å². The molecule has 0 amide bonds. The number of anilines is 12. The lowest BCUT2D eigenvalue weighted by molar-refractivity contribution is 0.590. The number of aryl methyl sites for hydroxylation is 1. The lowest BCUT2D eigenvalue weighted by atomic mass is 9.85. The van der Waals surface area contributed by atoms with Crippen LogP contribution in [0.2, 0.25) is 0 Å². The van der Waals surface area contributed by atoms with Gasteiger partial charge in [0.15, 0.2) is 0 Å². The minimum Gasteiger partial charge on any atom is -0.310 e. The average molecular weight is 1880 g/mol. The molecule has 0 fully saturated rings. The summed E-state index contributed by atoms with van der Waals surface area (Å²) >= 11 is 0. The van der Waals surface area contributed by atoms with Crippen molar-refractivity contribution in [1.82, 2.24) is 9.13 Å². The van der Waals surface area contributed by atoms with Crippen molar-refractivity contribution in [1.29, 1.82) is 0 Å². The minimum atomic E-state index is 0.117. The van der Waals surface area contributed by atoms with E-state index in [2.05, 4.69) is 615 Å². The van der Waals surface area contributed by atoms with Crippen LogP contribution in [0.3, 0.4) is 0 Å². The van der Waals surface area contributed by atoms with E-state index in [-0.39, 0.29) is 5.41 Å². The summed E-state index contributed by atoms with van der Waals surface area (Å²) < 4.78 is 4.88. The van der Waals surface area contributed by atoms with Crippen molar-refractivity contribution in [2.75, 3.05) is 19.6 Å². The van der Waals surface area contributed by atoms with Crippen LogP contribution in [0.15, 0.2) is 558 Å². The van der Waals surface area contributed by atoms with E-state index in [4.69, 9.17) is 0 Å². The number of hydrogen-bond donors (Lipinski definition) is 0. The van der Waals surface area contributed by atoms with Gasteiger partial charge in [0.05, 0.1) is 22.1 Å². The Bertz CT molecular complexity index is 8760. The zero-order chi connectivity index (χ0) is 98.4. The zero-order valence-electron chi connectivity index (χ0n) is 82.3. The number of nitrogens with zero attached hydrogens (tertiary/aromatic N) is 6. The maximum Gasteiger partial charge on any atom is 0.0542 e. The Labute approximate surface area is 858 Å². The van der Waals surface area contributed by atoms with Gasteiger partial charge in [0.2, 0.25) is 0 Å². The molecule has 24 aromatic carbocycles. The largest absolute Gasteiger partial charge is 0.310 e. The van der Waals surface area contributed by atoms with E-state index in [0.29, 0.717) is 0 Å². The molecule has 6 nitrogen and oxygen atoms in total. The topological polar surface area (TPSA) is 22.8 Å². The first-order valence-corrected chi connectivity index (χ1v) is 50.8. The van der Waals surface area contributed by atoms with Gasteiger partial charge in [-0.2, -0.15) is 0 Å². The lowest BCUT2D eigenvalue weighted by Gasteiger charge is -2.26. The van der Waals surface area contributed by atoms with Gasteiger partial charge in [-0.25, -0.2) is 0 Å². The average Bonchev–Trinajstić information content (AvgIpc) is 1.65. The van der Waals surface area contributed by atoms with Crippen LogP contribution in [0.5, 0.6) is 0 Å².